The summed E-state index contributed by atoms with van der Waals surface area (Å²) in [5, 5.41) is 0. The molecule has 0 radical (unpaired) electrons. The Hall–Kier alpha value is -0.960. The van der Waals surface area contributed by atoms with Gasteiger partial charge in [-0.1, -0.05) is 25.3 Å². The molecule has 0 bridgehead atoms. The number of aryl methyl sites for hydroxylation is 1. The molecule has 0 atom stereocenters. The van der Waals surface area contributed by atoms with E-state index in [1.165, 1.54) is 37.0 Å². The third-order valence-electron chi connectivity index (χ3n) is 4.29. The van der Waals surface area contributed by atoms with Crippen molar-refractivity contribution >= 4 is 17.7 Å². The maximum absolute atomic E-state index is 12.9. The average Bonchev–Trinajstić information content (AvgIpc) is 2.49. The summed E-state index contributed by atoms with van der Waals surface area (Å²) in [4.78, 5) is 16.1. The lowest BCUT2D eigenvalue weighted by molar-refractivity contribution is 0.0647. The average molecular weight is 291 g/mol. The van der Waals surface area contributed by atoms with Crippen molar-refractivity contribution in [2.24, 2.45) is 0 Å². The van der Waals surface area contributed by atoms with Gasteiger partial charge in [-0.15, -0.1) is 11.8 Å². The maximum Gasteiger partial charge on any atom is 0.254 e. The second kappa shape index (κ2) is 7.16. The number of amides is 1. The zero-order valence-corrected chi connectivity index (χ0v) is 13.6. The van der Waals surface area contributed by atoms with Crippen LogP contribution in [-0.2, 0) is 0 Å². The van der Waals surface area contributed by atoms with Crippen LogP contribution >= 0.6 is 11.8 Å². The molecule has 0 aromatic heterocycles. The summed E-state index contributed by atoms with van der Waals surface area (Å²) < 4.78 is 0. The molecule has 0 N–H and O–H groups in total. The largest absolute Gasteiger partial charge is 0.336 e. The minimum Gasteiger partial charge on any atom is -0.336 e. The summed E-state index contributed by atoms with van der Waals surface area (Å²) in [5.41, 5.74) is 1.96. The topological polar surface area (TPSA) is 20.3 Å². The van der Waals surface area contributed by atoms with Crippen LogP contribution in [0.5, 0.6) is 0 Å². The number of benzene rings is 1. The Kier molecular flexibility index (Phi) is 5.53. The number of hydrogen-bond acceptors (Lipinski definition) is 2. The van der Waals surface area contributed by atoms with Crippen molar-refractivity contribution in [1.29, 1.82) is 0 Å². The first kappa shape index (κ1) is 15.4. The number of carbonyl (C=O) groups is 1. The van der Waals surface area contributed by atoms with Crippen LogP contribution in [0.25, 0.3) is 0 Å². The molecule has 2 rings (SSSR count). The van der Waals surface area contributed by atoms with Crippen molar-refractivity contribution in [1.82, 2.24) is 4.90 Å². The van der Waals surface area contributed by atoms with Crippen LogP contribution in [-0.4, -0.2) is 29.6 Å². The van der Waals surface area contributed by atoms with E-state index in [9.17, 15) is 4.79 Å². The Morgan fingerprint density at radius 3 is 2.60 bits per heavy atom. The van der Waals surface area contributed by atoms with E-state index in [-0.39, 0.29) is 5.91 Å². The summed E-state index contributed by atoms with van der Waals surface area (Å²) in [5.74, 6) is 0.216. The fourth-order valence-electron chi connectivity index (χ4n) is 3.07. The molecule has 0 heterocycles. The number of thioether (sulfide) groups is 1. The van der Waals surface area contributed by atoms with Gasteiger partial charge in [-0.3, -0.25) is 4.79 Å². The minimum absolute atomic E-state index is 0.216. The van der Waals surface area contributed by atoms with E-state index >= 15 is 0 Å². The Labute approximate surface area is 126 Å². The van der Waals surface area contributed by atoms with Crippen LogP contribution in [0, 0.1) is 6.92 Å². The van der Waals surface area contributed by atoms with Crippen molar-refractivity contribution in [3.8, 4) is 0 Å². The van der Waals surface area contributed by atoms with E-state index in [1.807, 2.05) is 13.0 Å². The van der Waals surface area contributed by atoms with Gasteiger partial charge >= 0.3 is 0 Å². The van der Waals surface area contributed by atoms with Crippen molar-refractivity contribution < 1.29 is 4.79 Å². The fourth-order valence-corrected chi connectivity index (χ4v) is 3.51. The fraction of sp³-hybridized carbons (Fsp3) is 0.588. The minimum atomic E-state index is 0.216. The standard InChI is InChI=1S/C17H25NOS/c1-4-18(14-8-6-5-7-9-14)17(19)16-12-15(20-3)11-10-13(16)2/h10-12,14H,4-9H2,1-3H3. The molecule has 1 aliphatic rings. The lowest BCUT2D eigenvalue weighted by atomic mass is 9.93. The molecule has 110 valence electrons. The molecule has 1 amide bonds. The van der Waals surface area contributed by atoms with Gasteiger partial charge in [-0.05, 0) is 50.6 Å². The monoisotopic (exact) mass is 291 g/mol. The van der Waals surface area contributed by atoms with E-state index in [4.69, 9.17) is 0 Å². The first-order chi connectivity index (χ1) is 9.67. The highest BCUT2D eigenvalue weighted by Gasteiger charge is 2.25. The van der Waals surface area contributed by atoms with Gasteiger partial charge in [0.1, 0.15) is 0 Å². The van der Waals surface area contributed by atoms with Gasteiger partial charge in [0.2, 0.25) is 0 Å². The summed E-state index contributed by atoms with van der Waals surface area (Å²) in [7, 11) is 0. The lowest BCUT2D eigenvalue weighted by Gasteiger charge is -2.34. The summed E-state index contributed by atoms with van der Waals surface area (Å²) in [6.07, 6.45) is 8.24. The summed E-state index contributed by atoms with van der Waals surface area (Å²) in [6.45, 7) is 4.94. The van der Waals surface area contributed by atoms with E-state index < -0.39 is 0 Å². The van der Waals surface area contributed by atoms with Crippen molar-refractivity contribution in [2.75, 3.05) is 12.8 Å². The summed E-state index contributed by atoms with van der Waals surface area (Å²) in [6, 6.07) is 6.65. The molecule has 1 fully saturated rings. The molecule has 1 aromatic rings. The van der Waals surface area contributed by atoms with Gasteiger partial charge in [0.15, 0.2) is 0 Å². The van der Waals surface area contributed by atoms with Gasteiger partial charge in [-0.2, -0.15) is 0 Å². The van der Waals surface area contributed by atoms with Crippen LogP contribution in [0.3, 0.4) is 0 Å². The SMILES string of the molecule is CCN(C(=O)c1cc(SC)ccc1C)C1CCCCC1. The molecule has 3 heteroatoms. The van der Waals surface area contributed by atoms with Crippen molar-refractivity contribution in [2.45, 2.75) is 56.9 Å². The molecule has 20 heavy (non-hydrogen) atoms. The number of rotatable bonds is 4. The van der Waals surface area contributed by atoms with Crippen LogP contribution in [0.4, 0.5) is 0 Å². The number of hydrogen-bond donors (Lipinski definition) is 0. The summed E-state index contributed by atoms with van der Waals surface area (Å²) >= 11 is 1.69. The normalized spacial score (nSPS) is 16.1. The molecular weight excluding hydrogens is 266 g/mol. The van der Waals surface area contributed by atoms with Gasteiger partial charge in [0.05, 0.1) is 0 Å². The zero-order chi connectivity index (χ0) is 14.5. The molecule has 1 saturated carbocycles. The van der Waals surface area contributed by atoms with Crippen LogP contribution in [0.1, 0.15) is 54.9 Å². The van der Waals surface area contributed by atoms with E-state index in [2.05, 4.69) is 30.2 Å². The molecule has 0 spiro atoms. The van der Waals surface area contributed by atoms with Crippen LogP contribution < -0.4 is 0 Å². The van der Waals surface area contributed by atoms with Gasteiger partial charge in [-0.25, -0.2) is 0 Å². The van der Waals surface area contributed by atoms with E-state index in [0.717, 1.165) is 17.7 Å². The Bertz CT molecular complexity index is 466. The molecule has 0 saturated heterocycles. The predicted octanol–water partition coefficient (Wildman–Crippen LogP) is 4.51. The number of carbonyl (C=O) groups excluding carboxylic acids is 1. The van der Waals surface area contributed by atoms with Gasteiger partial charge in [0.25, 0.3) is 5.91 Å². The molecule has 2 nitrogen and oxygen atoms in total. The quantitative estimate of drug-likeness (QED) is 0.761. The third kappa shape index (κ3) is 3.38. The molecule has 0 aliphatic heterocycles. The lowest BCUT2D eigenvalue weighted by Crippen LogP contribution is -2.41. The van der Waals surface area contributed by atoms with Crippen molar-refractivity contribution in [3.63, 3.8) is 0 Å². The van der Waals surface area contributed by atoms with Gasteiger partial charge in [0, 0.05) is 23.0 Å². The highest BCUT2D eigenvalue weighted by Crippen LogP contribution is 2.26. The molecule has 0 unspecified atom stereocenters. The highest BCUT2D eigenvalue weighted by atomic mass is 32.2. The first-order valence-corrected chi connectivity index (χ1v) is 8.85. The molecular formula is C17H25NOS. The highest BCUT2D eigenvalue weighted by molar-refractivity contribution is 7.98. The van der Waals surface area contributed by atoms with E-state index in [1.54, 1.807) is 11.8 Å². The number of nitrogens with zero attached hydrogens (tertiary/aromatic N) is 1. The third-order valence-corrected chi connectivity index (χ3v) is 5.02. The first-order valence-electron chi connectivity index (χ1n) is 7.63. The molecule has 1 aliphatic carbocycles. The van der Waals surface area contributed by atoms with E-state index in [0.29, 0.717) is 6.04 Å². The van der Waals surface area contributed by atoms with Crippen molar-refractivity contribution in [3.05, 3.63) is 29.3 Å². The Morgan fingerprint density at radius 2 is 2.00 bits per heavy atom. The smallest absolute Gasteiger partial charge is 0.254 e. The van der Waals surface area contributed by atoms with Crippen LogP contribution in [0.15, 0.2) is 23.1 Å². The predicted molar refractivity (Wildman–Crippen MR) is 86.5 cm³/mol. The molecule has 1 aromatic carbocycles. The maximum atomic E-state index is 12.9. The van der Waals surface area contributed by atoms with Crippen LogP contribution in [0.2, 0.25) is 0 Å². The van der Waals surface area contributed by atoms with Gasteiger partial charge < -0.3 is 4.90 Å². The zero-order valence-electron chi connectivity index (χ0n) is 12.8. The Morgan fingerprint density at radius 1 is 1.30 bits per heavy atom. The Balaban J connectivity index is 2.23. The second-order valence-corrected chi connectivity index (χ2v) is 6.44. The second-order valence-electron chi connectivity index (χ2n) is 5.56.